The van der Waals surface area contributed by atoms with Gasteiger partial charge in [-0.1, -0.05) is 73.1 Å². The van der Waals surface area contributed by atoms with E-state index >= 15 is 0 Å². The zero-order chi connectivity index (χ0) is 26.0. The molecular formula is C31H36BrFN4. The van der Waals surface area contributed by atoms with Crippen LogP contribution in [-0.2, 0) is 25.0 Å². The number of hydrogen-bond donors (Lipinski definition) is 0. The molecule has 5 rings (SSSR count). The third kappa shape index (κ3) is 6.31. The minimum atomic E-state index is -0.131. The Balaban J connectivity index is 1.31. The first-order valence-electron chi connectivity index (χ1n) is 13.2. The summed E-state index contributed by atoms with van der Waals surface area (Å²) in [4.78, 5) is 9.91. The summed E-state index contributed by atoms with van der Waals surface area (Å²) in [7, 11) is 0. The predicted octanol–water partition coefficient (Wildman–Crippen LogP) is 6.99. The van der Waals surface area contributed by atoms with Crippen LogP contribution in [0.1, 0.15) is 49.7 Å². The summed E-state index contributed by atoms with van der Waals surface area (Å²) in [6.45, 7) is 12.9. The van der Waals surface area contributed by atoms with Crippen LogP contribution in [0, 0.1) is 5.82 Å². The predicted molar refractivity (Wildman–Crippen MR) is 153 cm³/mol. The lowest BCUT2D eigenvalue weighted by molar-refractivity contribution is 0.240. The molecule has 37 heavy (non-hydrogen) atoms. The lowest BCUT2D eigenvalue weighted by atomic mass is 9.87. The van der Waals surface area contributed by atoms with Crippen LogP contribution in [0.4, 0.5) is 4.39 Å². The molecule has 1 saturated heterocycles. The van der Waals surface area contributed by atoms with Crippen molar-refractivity contribution in [3.8, 4) is 0 Å². The maximum atomic E-state index is 14.3. The van der Waals surface area contributed by atoms with Crippen LogP contribution in [0.15, 0.2) is 71.2 Å². The van der Waals surface area contributed by atoms with Crippen molar-refractivity contribution in [1.82, 2.24) is 19.4 Å². The molecule has 0 aliphatic carbocycles. The Morgan fingerprint density at radius 3 is 2.27 bits per heavy atom. The standard InChI is InChI=1S/C31H36BrFN4/c1-31(2,3)25-11-9-23(10-12-25)20-37-29-8-5-4-7-28(29)34-30(37)22-36-16-6-15-35(17-18-36)21-24-19-26(32)13-14-27(24)33/h4-5,7-14,19H,6,15-18,20-22H2,1-3H3. The van der Waals surface area contributed by atoms with Gasteiger partial charge in [-0.25, -0.2) is 9.37 Å². The van der Waals surface area contributed by atoms with Gasteiger partial charge >= 0.3 is 0 Å². The Hall–Kier alpha value is -2.54. The van der Waals surface area contributed by atoms with Gasteiger partial charge in [-0.05, 0) is 66.4 Å². The number of aromatic nitrogens is 2. The Bertz CT molecular complexity index is 1360. The van der Waals surface area contributed by atoms with Gasteiger partial charge in [-0.2, -0.15) is 0 Å². The average molecular weight is 564 g/mol. The second-order valence-electron chi connectivity index (χ2n) is 11.2. The first-order valence-corrected chi connectivity index (χ1v) is 14.0. The van der Waals surface area contributed by atoms with Gasteiger partial charge in [0.05, 0.1) is 17.6 Å². The monoisotopic (exact) mass is 562 g/mol. The molecule has 0 spiro atoms. The van der Waals surface area contributed by atoms with Crippen molar-refractivity contribution in [2.75, 3.05) is 26.2 Å². The number of benzene rings is 3. The van der Waals surface area contributed by atoms with Crippen molar-refractivity contribution in [2.45, 2.75) is 52.2 Å². The van der Waals surface area contributed by atoms with Gasteiger partial charge in [0.2, 0.25) is 0 Å². The highest BCUT2D eigenvalue weighted by molar-refractivity contribution is 9.10. The Morgan fingerprint density at radius 1 is 0.838 bits per heavy atom. The molecule has 3 aromatic carbocycles. The molecule has 4 nitrogen and oxygen atoms in total. The topological polar surface area (TPSA) is 24.3 Å². The summed E-state index contributed by atoms with van der Waals surface area (Å²) in [6.07, 6.45) is 1.06. The second-order valence-corrected chi connectivity index (χ2v) is 12.1. The van der Waals surface area contributed by atoms with Crippen LogP contribution in [-0.4, -0.2) is 45.5 Å². The summed E-state index contributed by atoms with van der Waals surface area (Å²) in [6, 6.07) is 22.7. The summed E-state index contributed by atoms with van der Waals surface area (Å²) >= 11 is 3.48. The summed E-state index contributed by atoms with van der Waals surface area (Å²) in [5.41, 5.74) is 5.76. The van der Waals surface area contributed by atoms with E-state index in [2.05, 4.69) is 99.6 Å². The number of halogens is 2. The molecule has 1 fully saturated rings. The zero-order valence-electron chi connectivity index (χ0n) is 22.1. The van der Waals surface area contributed by atoms with E-state index in [-0.39, 0.29) is 11.2 Å². The van der Waals surface area contributed by atoms with Gasteiger partial charge in [0.25, 0.3) is 0 Å². The van der Waals surface area contributed by atoms with Crippen LogP contribution >= 0.6 is 15.9 Å². The molecule has 0 saturated carbocycles. The minimum Gasteiger partial charge on any atom is -0.322 e. The van der Waals surface area contributed by atoms with Crippen molar-refractivity contribution < 1.29 is 4.39 Å². The fraction of sp³-hybridized carbons (Fsp3) is 0.387. The maximum absolute atomic E-state index is 14.3. The lowest BCUT2D eigenvalue weighted by Crippen LogP contribution is -2.31. The van der Waals surface area contributed by atoms with E-state index in [0.29, 0.717) is 6.54 Å². The summed E-state index contributed by atoms with van der Waals surface area (Å²) in [5.74, 6) is 0.973. The van der Waals surface area contributed by atoms with Crippen molar-refractivity contribution in [2.24, 2.45) is 0 Å². The number of rotatable bonds is 6. The van der Waals surface area contributed by atoms with Gasteiger partial charge in [-0.3, -0.25) is 9.80 Å². The molecule has 1 aliphatic rings. The first-order chi connectivity index (χ1) is 17.8. The highest BCUT2D eigenvalue weighted by Gasteiger charge is 2.20. The highest BCUT2D eigenvalue weighted by atomic mass is 79.9. The molecule has 0 radical (unpaired) electrons. The smallest absolute Gasteiger partial charge is 0.127 e. The van der Waals surface area contributed by atoms with Crippen molar-refractivity contribution >= 4 is 27.0 Å². The van der Waals surface area contributed by atoms with Crippen molar-refractivity contribution in [3.05, 3.63) is 99.5 Å². The fourth-order valence-corrected chi connectivity index (χ4v) is 5.57. The van der Waals surface area contributed by atoms with E-state index in [0.717, 1.165) is 67.1 Å². The van der Waals surface area contributed by atoms with Crippen molar-refractivity contribution in [1.29, 1.82) is 0 Å². The SMILES string of the molecule is CC(C)(C)c1ccc(Cn2c(CN3CCCN(Cc4cc(Br)ccc4F)CC3)nc3ccccc32)cc1. The molecule has 2 heterocycles. The number of nitrogens with zero attached hydrogens (tertiary/aromatic N) is 4. The molecule has 1 aliphatic heterocycles. The third-order valence-electron chi connectivity index (χ3n) is 7.34. The minimum absolute atomic E-state index is 0.131. The van der Waals surface area contributed by atoms with Crippen LogP contribution in [0.5, 0.6) is 0 Å². The zero-order valence-corrected chi connectivity index (χ0v) is 23.6. The molecule has 1 aromatic heterocycles. The van der Waals surface area contributed by atoms with Gasteiger partial charge < -0.3 is 4.57 Å². The fourth-order valence-electron chi connectivity index (χ4n) is 5.16. The quantitative estimate of drug-likeness (QED) is 0.253. The Labute approximate surface area is 228 Å². The van der Waals surface area contributed by atoms with Crippen LogP contribution in [0.2, 0.25) is 0 Å². The molecule has 194 valence electrons. The first kappa shape index (κ1) is 26.1. The second kappa shape index (κ2) is 11.1. The maximum Gasteiger partial charge on any atom is 0.127 e. The van der Waals surface area contributed by atoms with Crippen LogP contribution in [0.25, 0.3) is 11.0 Å². The van der Waals surface area contributed by atoms with Gasteiger partial charge in [-0.15, -0.1) is 0 Å². The van der Waals surface area contributed by atoms with E-state index in [9.17, 15) is 4.39 Å². The van der Waals surface area contributed by atoms with Crippen LogP contribution in [0.3, 0.4) is 0 Å². The molecule has 6 heteroatoms. The van der Waals surface area contributed by atoms with Crippen molar-refractivity contribution in [3.63, 3.8) is 0 Å². The average Bonchev–Trinajstić information content (AvgIpc) is 3.04. The van der Waals surface area contributed by atoms with E-state index < -0.39 is 0 Å². The Morgan fingerprint density at radius 2 is 1.54 bits per heavy atom. The molecule has 4 aromatic rings. The van der Waals surface area contributed by atoms with Gasteiger partial charge in [0.15, 0.2) is 0 Å². The lowest BCUT2D eigenvalue weighted by Gasteiger charge is -2.22. The largest absolute Gasteiger partial charge is 0.322 e. The number of fused-ring (bicyclic) bond motifs is 1. The molecular weight excluding hydrogens is 527 g/mol. The number of imidazole rings is 1. The Kier molecular flexibility index (Phi) is 7.80. The van der Waals surface area contributed by atoms with E-state index in [1.54, 1.807) is 12.1 Å². The van der Waals surface area contributed by atoms with E-state index in [1.807, 2.05) is 6.07 Å². The van der Waals surface area contributed by atoms with E-state index in [1.165, 1.54) is 16.6 Å². The number of hydrogen-bond acceptors (Lipinski definition) is 3. The van der Waals surface area contributed by atoms with Crippen LogP contribution < -0.4 is 0 Å². The molecule has 0 amide bonds. The van der Waals surface area contributed by atoms with Gasteiger partial charge in [0.1, 0.15) is 11.6 Å². The molecule has 0 N–H and O–H groups in total. The highest BCUT2D eigenvalue weighted by Crippen LogP contribution is 2.24. The van der Waals surface area contributed by atoms with E-state index in [4.69, 9.17) is 4.98 Å². The normalized spacial score (nSPS) is 15.8. The summed E-state index contributed by atoms with van der Waals surface area (Å²) in [5, 5.41) is 0. The number of para-hydroxylation sites is 2. The molecule has 0 bridgehead atoms. The molecule has 0 unspecified atom stereocenters. The van der Waals surface area contributed by atoms with Gasteiger partial charge in [0, 0.05) is 36.2 Å². The third-order valence-corrected chi connectivity index (χ3v) is 7.84. The molecule has 0 atom stereocenters. The summed E-state index contributed by atoms with van der Waals surface area (Å²) < 4.78 is 17.6.